The van der Waals surface area contributed by atoms with Crippen LogP contribution in [0.2, 0.25) is 0 Å². The van der Waals surface area contributed by atoms with Crippen molar-refractivity contribution in [2.45, 2.75) is 26.2 Å². The summed E-state index contributed by atoms with van der Waals surface area (Å²) in [5.41, 5.74) is 1.78. The molecular formula is C18H23N3O2. The maximum Gasteiger partial charge on any atom is 0.249 e. The normalized spacial score (nSPS) is 11.7. The molecule has 0 radical (unpaired) electrons. The Balaban J connectivity index is 2.07. The molecular weight excluding hydrogens is 290 g/mol. The number of hydrogen-bond donors (Lipinski definition) is 1. The predicted octanol–water partition coefficient (Wildman–Crippen LogP) is 3.38. The molecule has 0 spiro atoms. The highest BCUT2D eigenvalue weighted by Crippen LogP contribution is 2.23. The summed E-state index contributed by atoms with van der Waals surface area (Å²) >= 11 is 0. The van der Waals surface area contributed by atoms with Gasteiger partial charge in [-0.25, -0.2) is 0 Å². The molecule has 0 saturated heterocycles. The molecule has 23 heavy (non-hydrogen) atoms. The topological polar surface area (TPSA) is 56.1 Å². The van der Waals surface area contributed by atoms with Crippen molar-refractivity contribution >= 4 is 17.8 Å². The van der Waals surface area contributed by atoms with Gasteiger partial charge in [0.25, 0.3) is 0 Å². The summed E-state index contributed by atoms with van der Waals surface area (Å²) in [6.07, 6.45) is 3.25. The number of methoxy groups -OCH3 is 1. The van der Waals surface area contributed by atoms with Crippen LogP contribution in [-0.2, 0) is 17.3 Å². The van der Waals surface area contributed by atoms with Crippen LogP contribution >= 0.6 is 0 Å². The first-order valence-electron chi connectivity index (χ1n) is 7.47. The van der Waals surface area contributed by atoms with E-state index in [1.54, 1.807) is 17.9 Å². The van der Waals surface area contributed by atoms with E-state index in [0.29, 0.717) is 5.82 Å². The second kappa shape index (κ2) is 6.69. The van der Waals surface area contributed by atoms with E-state index in [-0.39, 0.29) is 11.3 Å². The van der Waals surface area contributed by atoms with Crippen molar-refractivity contribution in [2.24, 2.45) is 7.05 Å². The number of nitrogens with zero attached hydrogens (tertiary/aromatic N) is 2. The number of benzene rings is 1. The minimum atomic E-state index is -0.198. The summed E-state index contributed by atoms with van der Waals surface area (Å²) in [6.45, 7) is 6.26. The smallest absolute Gasteiger partial charge is 0.249 e. The molecule has 1 amide bonds. The van der Waals surface area contributed by atoms with Gasteiger partial charge in [-0.3, -0.25) is 9.48 Å². The number of hydrogen-bond acceptors (Lipinski definition) is 3. The van der Waals surface area contributed by atoms with E-state index in [0.717, 1.165) is 17.0 Å². The fourth-order valence-corrected chi connectivity index (χ4v) is 2.04. The first kappa shape index (κ1) is 16.8. The van der Waals surface area contributed by atoms with E-state index < -0.39 is 0 Å². The van der Waals surface area contributed by atoms with Crippen molar-refractivity contribution in [1.29, 1.82) is 0 Å². The average Bonchev–Trinajstić information content (AvgIpc) is 2.87. The summed E-state index contributed by atoms with van der Waals surface area (Å²) < 4.78 is 6.84. The Bertz CT molecular complexity index is 724. The van der Waals surface area contributed by atoms with Crippen molar-refractivity contribution in [3.8, 4) is 5.75 Å². The number of aromatic nitrogens is 2. The van der Waals surface area contributed by atoms with Crippen LogP contribution in [0.4, 0.5) is 5.82 Å². The molecule has 1 aromatic heterocycles. The van der Waals surface area contributed by atoms with Gasteiger partial charge in [-0.15, -0.1) is 0 Å². The summed E-state index contributed by atoms with van der Waals surface area (Å²) in [5, 5.41) is 7.28. The number of rotatable bonds is 4. The third kappa shape index (κ3) is 4.45. The fourth-order valence-electron chi connectivity index (χ4n) is 2.04. The van der Waals surface area contributed by atoms with Crippen molar-refractivity contribution in [1.82, 2.24) is 9.78 Å². The highest BCUT2D eigenvalue weighted by atomic mass is 16.5. The second-order valence-corrected chi connectivity index (χ2v) is 6.39. The summed E-state index contributed by atoms with van der Waals surface area (Å²) in [7, 11) is 3.43. The highest BCUT2D eigenvalue weighted by molar-refractivity contribution is 6.01. The highest BCUT2D eigenvalue weighted by Gasteiger charge is 2.19. The molecule has 0 unspecified atom stereocenters. The van der Waals surface area contributed by atoms with Gasteiger partial charge < -0.3 is 10.1 Å². The van der Waals surface area contributed by atoms with E-state index in [4.69, 9.17) is 4.74 Å². The van der Waals surface area contributed by atoms with Crippen LogP contribution in [0.5, 0.6) is 5.75 Å². The van der Waals surface area contributed by atoms with E-state index in [2.05, 4.69) is 31.2 Å². The summed E-state index contributed by atoms with van der Waals surface area (Å²) in [6, 6.07) is 9.42. The van der Waals surface area contributed by atoms with Crippen LogP contribution < -0.4 is 10.1 Å². The molecule has 0 saturated carbocycles. The standard InChI is InChI=1S/C18H23N3O2/c1-18(2,3)15-12-16(21(4)20-15)19-17(22)10-9-13-7-6-8-14(11-13)23-5/h6-12H,1-5H3,(H,19,22)/b10-9+. The molecule has 0 fully saturated rings. The Morgan fingerprint density at radius 3 is 2.65 bits per heavy atom. The quantitative estimate of drug-likeness (QED) is 0.880. The molecule has 0 aliphatic carbocycles. The molecule has 0 atom stereocenters. The number of aryl methyl sites for hydroxylation is 1. The Labute approximate surface area is 137 Å². The summed E-state index contributed by atoms with van der Waals surface area (Å²) in [4.78, 5) is 12.1. The van der Waals surface area contributed by atoms with Gasteiger partial charge in [0.05, 0.1) is 12.8 Å². The summed E-state index contributed by atoms with van der Waals surface area (Å²) in [5.74, 6) is 1.24. The van der Waals surface area contributed by atoms with Crippen LogP contribution in [0.1, 0.15) is 32.0 Å². The van der Waals surface area contributed by atoms with E-state index >= 15 is 0 Å². The Morgan fingerprint density at radius 2 is 2.04 bits per heavy atom. The van der Waals surface area contributed by atoms with Gasteiger partial charge in [-0.2, -0.15) is 5.10 Å². The van der Waals surface area contributed by atoms with Crippen molar-refractivity contribution in [2.75, 3.05) is 12.4 Å². The molecule has 5 nitrogen and oxygen atoms in total. The van der Waals surface area contributed by atoms with E-state index in [1.807, 2.05) is 37.4 Å². The molecule has 0 aliphatic heterocycles. The van der Waals surface area contributed by atoms with Crippen LogP contribution in [0.3, 0.4) is 0 Å². The lowest BCUT2D eigenvalue weighted by molar-refractivity contribution is -0.111. The number of ether oxygens (including phenoxy) is 1. The fraction of sp³-hybridized carbons (Fsp3) is 0.333. The molecule has 122 valence electrons. The first-order valence-corrected chi connectivity index (χ1v) is 7.47. The zero-order valence-corrected chi connectivity index (χ0v) is 14.3. The maximum atomic E-state index is 12.1. The average molecular weight is 313 g/mol. The minimum Gasteiger partial charge on any atom is -0.497 e. The van der Waals surface area contributed by atoms with Gasteiger partial charge in [0, 0.05) is 24.6 Å². The lowest BCUT2D eigenvalue weighted by Gasteiger charge is -2.13. The van der Waals surface area contributed by atoms with Crippen molar-refractivity contribution in [3.05, 3.63) is 47.7 Å². The zero-order valence-electron chi connectivity index (χ0n) is 14.3. The van der Waals surface area contributed by atoms with Gasteiger partial charge in [-0.1, -0.05) is 32.9 Å². The van der Waals surface area contributed by atoms with Gasteiger partial charge in [0.1, 0.15) is 11.6 Å². The van der Waals surface area contributed by atoms with Crippen LogP contribution in [0.15, 0.2) is 36.4 Å². The molecule has 1 heterocycles. The third-order valence-electron chi connectivity index (χ3n) is 3.42. The molecule has 1 aromatic carbocycles. The number of carbonyl (C=O) groups is 1. The second-order valence-electron chi connectivity index (χ2n) is 6.39. The number of nitrogens with one attached hydrogen (secondary N) is 1. The number of amides is 1. The van der Waals surface area contributed by atoms with Gasteiger partial charge in [0.2, 0.25) is 5.91 Å². The Kier molecular flexibility index (Phi) is 4.89. The lowest BCUT2D eigenvalue weighted by Crippen LogP contribution is -2.12. The number of anilines is 1. The Morgan fingerprint density at radius 1 is 1.30 bits per heavy atom. The monoisotopic (exact) mass is 313 g/mol. The van der Waals surface area contributed by atoms with Crippen LogP contribution in [0, 0.1) is 0 Å². The first-order chi connectivity index (χ1) is 10.8. The van der Waals surface area contributed by atoms with E-state index in [9.17, 15) is 4.79 Å². The molecule has 5 heteroatoms. The van der Waals surface area contributed by atoms with E-state index in [1.165, 1.54) is 6.08 Å². The molecule has 0 aliphatic rings. The van der Waals surface area contributed by atoms with Crippen molar-refractivity contribution < 1.29 is 9.53 Å². The largest absolute Gasteiger partial charge is 0.497 e. The lowest BCUT2D eigenvalue weighted by atomic mass is 9.92. The molecule has 1 N–H and O–H groups in total. The van der Waals surface area contributed by atoms with Crippen molar-refractivity contribution in [3.63, 3.8) is 0 Å². The number of carbonyl (C=O) groups excluding carboxylic acids is 1. The van der Waals surface area contributed by atoms with Gasteiger partial charge >= 0.3 is 0 Å². The molecule has 0 bridgehead atoms. The Hall–Kier alpha value is -2.56. The third-order valence-corrected chi connectivity index (χ3v) is 3.42. The minimum absolute atomic E-state index is 0.0584. The van der Waals surface area contributed by atoms with Crippen LogP contribution in [-0.4, -0.2) is 22.8 Å². The van der Waals surface area contributed by atoms with Crippen LogP contribution in [0.25, 0.3) is 6.08 Å². The van der Waals surface area contributed by atoms with Gasteiger partial charge in [0.15, 0.2) is 0 Å². The SMILES string of the molecule is COc1cccc(/C=C/C(=O)Nc2cc(C(C)(C)C)nn2C)c1. The van der Waals surface area contributed by atoms with Gasteiger partial charge in [-0.05, 0) is 23.8 Å². The zero-order chi connectivity index (χ0) is 17.0. The predicted molar refractivity (Wildman–Crippen MR) is 92.6 cm³/mol. The molecule has 2 rings (SSSR count). The molecule has 2 aromatic rings. The maximum absolute atomic E-state index is 12.1.